The second kappa shape index (κ2) is 8.21. The van der Waals surface area contributed by atoms with Gasteiger partial charge >= 0.3 is 5.97 Å². The lowest BCUT2D eigenvalue weighted by Gasteiger charge is -2.54. The summed E-state index contributed by atoms with van der Waals surface area (Å²) < 4.78 is 5.32. The summed E-state index contributed by atoms with van der Waals surface area (Å²) in [6, 6.07) is 0. The van der Waals surface area contributed by atoms with Crippen LogP contribution in [0.4, 0.5) is 0 Å². The first-order valence-corrected chi connectivity index (χ1v) is 10.8. The molecule has 2 rings (SSSR count). The van der Waals surface area contributed by atoms with Crippen molar-refractivity contribution >= 4 is 5.97 Å². The molecule has 0 aromatic rings. The summed E-state index contributed by atoms with van der Waals surface area (Å²) in [4.78, 5) is 25.5. The van der Waals surface area contributed by atoms with Gasteiger partial charge in [-0.3, -0.25) is 9.68 Å². The number of ether oxygens (including phenoxy) is 1. The van der Waals surface area contributed by atoms with Gasteiger partial charge < -0.3 is 4.74 Å². The van der Waals surface area contributed by atoms with E-state index in [0.29, 0.717) is 6.61 Å². The molecule has 0 unspecified atom stereocenters. The second-order valence-corrected chi connectivity index (χ2v) is 10.8. The lowest BCUT2D eigenvalue weighted by atomic mass is 9.82. The topological polar surface area (TPSA) is 51.2 Å². The van der Waals surface area contributed by atoms with E-state index in [1.165, 1.54) is 0 Å². The third kappa shape index (κ3) is 5.07. The first-order chi connectivity index (χ1) is 12.7. The first kappa shape index (κ1) is 23.6. The molecule has 0 spiro atoms. The Bertz CT molecular complexity index is 485. The Labute approximate surface area is 171 Å². The molecule has 0 radical (unpaired) electrons. The Morgan fingerprint density at radius 2 is 1.07 bits per heavy atom. The number of piperidine rings is 2. The van der Waals surface area contributed by atoms with Crippen molar-refractivity contribution in [1.82, 2.24) is 10.1 Å². The molecule has 0 bridgehead atoms. The lowest BCUT2D eigenvalue weighted by Crippen LogP contribution is -2.63. The van der Waals surface area contributed by atoms with Gasteiger partial charge in [-0.2, -0.15) is 10.1 Å². The maximum absolute atomic E-state index is 12.8. The Balaban J connectivity index is 2.30. The van der Waals surface area contributed by atoms with Crippen LogP contribution in [0.25, 0.3) is 0 Å². The van der Waals surface area contributed by atoms with Crippen molar-refractivity contribution < 1.29 is 19.2 Å². The van der Waals surface area contributed by atoms with Crippen molar-refractivity contribution in [2.45, 2.75) is 129 Å². The normalized spacial score (nSPS) is 26.9. The van der Waals surface area contributed by atoms with Gasteiger partial charge in [-0.1, -0.05) is 0 Å². The number of hydrogen-bond acceptors (Lipinski definition) is 6. The summed E-state index contributed by atoms with van der Waals surface area (Å²) >= 11 is 0. The molecule has 0 aromatic carbocycles. The summed E-state index contributed by atoms with van der Waals surface area (Å²) in [6.45, 7) is 19.4. The van der Waals surface area contributed by atoms with E-state index in [0.717, 1.165) is 38.5 Å². The molecule has 2 heterocycles. The molecule has 6 heteroatoms. The molecule has 0 N–H and O–H groups in total. The molecule has 6 nitrogen and oxygen atoms in total. The Morgan fingerprint density at radius 3 is 1.36 bits per heavy atom. The lowest BCUT2D eigenvalue weighted by molar-refractivity contribution is -0.412. The highest BCUT2D eigenvalue weighted by molar-refractivity contribution is 5.73. The van der Waals surface area contributed by atoms with Crippen LogP contribution in [-0.4, -0.2) is 51.1 Å². The van der Waals surface area contributed by atoms with Crippen LogP contribution in [0.15, 0.2) is 0 Å². The zero-order chi connectivity index (χ0) is 21.4. The van der Waals surface area contributed by atoms with E-state index < -0.39 is 12.3 Å². The van der Waals surface area contributed by atoms with Gasteiger partial charge in [0, 0.05) is 22.2 Å². The third-order valence-corrected chi connectivity index (χ3v) is 6.23. The molecule has 2 saturated heterocycles. The molecule has 0 saturated carbocycles. The van der Waals surface area contributed by atoms with Crippen LogP contribution in [0, 0.1) is 0 Å². The highest BCUT2D eigenvalue weighted by Gasteiger charge is 2.48. The summed E-state index contributed by atoms with van der Waals surface area (Å²) in [5.41, 5.74) is -0.767. The molecular formula is C22H42N2O4. The smallest absolute Gasteiger partial charge is 0.366 e. The molecular weight excluding hydrogens is 356 g/mol. The zero-order valence-electron chi connectivity index (χ0n) is 19.6. The van der Waals surface area contributed by atoms with Gasteiger partial charge in [0.2, 0.25) is 0 Å². The Kier molecular flexibility index (Phi) is 6.92. The molecule has 164 valence electrons. The van der Waals surface area contributed by atoms with E-state index in [4.69, 9.17) is 14.4 Å². The predicted octanol–water partition coefficient (Wildman–Crippen LogP) is 4.83. The minimum atomic E-state index is -1.12. The average Bonchev–Trinajstić information content (AvgIpc) is 2.51. The number of rotatable bonds is 6. The predicted molar refractivity (Wildman–Crippen MR) is 110 cm³/mol. The van der Waals surface area contributed by atoms with E-state index >= 15 is 0 Å². The van der Waals surface area contributed by atoms with Gasteiger partial charge in [0.05, 0.1) is 6.61 Å². The fraction of sp³-hybridized carbons (Fsp3) is 0.955. The highest BCUT2D eigenvalue weighted by atomic mass is 16.9. The van der Waals surface area contributed by atoms with Crippen molar-refractivity contribution in [2.75, 3.05) is 6.61 Å². The number of nitrogens with zero attached hydrogens (tertiary/aromatic N) is 2. The van der Waals surface area contributed by atoms with E-state index in [1.807, 2.05) is 10.1 Å². The van der Waals surface area contributed by atoms with Crippen molar-refractivity contribution in [1.29, 1.82) is 0 Å². The molecule has 0 aliphatic carbocycles. The van der Waals surface area contributed by atoms with Crippen LogP contribution >= 0.6 is 0 Å². The van der Waals surface area contributed by atoms with Gasteiger partial charge in [0.15, 0.2) is 0 Å². The maximum Gasteiger partial charge on any atom is 0.366 e. The van der Waals surface area contributed by atoms with Crippen molar-refractivity contribution in [2.24, 2.45) is 0 Å². The van der Waals surface area contributed by atoms with E-state index in [9.17, 15) is 4.79 Å². The quantitative estimate of drug-likeness (QED) is 0.472. The fourth-order valence-electron chi connectivity index (χ4n) is 5.03. The minimum Gasteiger partial charge on any atom is -0.462 e. The Morgan fingerprint density at radius 1 is 0.750 bits per heavy atom. The van der Waals surface area contributed by atoms with Gasteiger partial charge in [-0.15, -0.1) is 0 Å². The Hall–Kier alpha value is -0.690. The fourth-order valence-corrected chi connectivity index (χ4v) is 5.03. The zero-order valence-corrected chi connectivity index (χ0v) is 19.6. The van der Waals surface area contributed by atoms with Crippen LogP contribution in [-0.2, 0) is 19.2 Å². The largest absolute Gasteiger partial charge is 0.462 e. The van der Waals surface area contributed by atoms with E-state index in [-0.39, 0.29) is 22.2 Å². The summed E-state index contributed by atoms with van der Waals surface area (Å²) in [6.07, 6.45) is 5.18. The molecule has 2 fully saturated rings. The van der Waals surface area contributed by atoms with Gasteiger partial charge in [0.1, 0.15) is 0 Å². The van der Waals surface area contributed by atoms with Gasteiger partial charge in [-0.05, 0) is 101 Å². The van der Waals surface area contributed by atoms with E-state index in [2.05, 4.69) is 55.4 Å². The molecule has 0 amide bonds. The number of hydrogen-bond donors (Lipinski definition) is 0. The third-order valence-electron chi connectivity index (χ3n) is 6.23. The SMILES string of the molecule is CCOC(=O)C(ON1C(C)(C)CCCC1(C)C)ON1C(C)(C)CCCC1(C)C. The molecule has 0 atom stereocenters. The van der Waals surface area contributed by atoms with Crippen LogP contribution in [0.5, 0.6) is 0 Å². The standard InChI is InChI=1S/C22H42N2O4/c1-10-26-17(25)18(27-23-19(2,3)13-11-14-20(23,4)5)28-24-21(6,7)15-12-16-22(24,8)9/h18H,10-16H2,1-9H3. The number of esters is 1. The van der Waals surface area contributed by atoms with Crippen LogP contribution in [0.1, 0.15) is 101 Å². The maximum atomic E-state index is 12.8. The second-order valence-electron chi connectivity index (χ2n) is 10.8. The molecule has 28 heavy (non-hydrogen) atoms. The van der Waals surface area contributed by atoms with E-state index in [1.54, 1.807) is 6.92 Å². The van der Waals surface area contributed by atoms with Gasteiger partial charge in [0.25, 0.3) is 6.29 Å². The minimum absolute atomic E-state index is 0.192. The van der Waals surface area contributed by atoms with Crippen LogP contribution in [0.2, 0.25) is 0 Å². The number of carbonyl (C=O) groups is 1. The summed E-state index contributed by atoms with van der Waals surface area (Å²) in [5, 5.41) is 3.93. The average molecular weight is 399 g/mol. The number of carbonyl (C=O) groups excluding carboxylic acids is 1. The molecule has 2 aliphatic rings. The molecule has 0 aromatic heterocycles. The first-order valence-electron chi connectivity index (χ1n) is 10.8. The highest BCUT2D eigenvalue weighted by Crippen LogP contribution is 2.41. The monoisotopic (exact) mass is 398 g/mol. The number of hydroxylamine groups is 4. The van der Waals surface area contributed by atoms with Crippen LogP contribution in [0.3, 0.4) is 0 Å². The van der Waals surface area contributed by atoms with Crippen molar-refractivity contribution in [3.05, 3.63) is 0 Å². The molecule has 2 aliphatic heterocycles. The summed E-state index contributed by atoms with van der Waals surface area (Å²) in [5.74, 6) is -0.475. The van der Waals surface area contributed by atoms with Crippen LogP contribution < -0.4 is 0 Å². The van der Waals surface area contributed by atoms with Crippen molar-refractivity contribution in [3.8, 4) is 0 Å². The van der Waals surface area contributed by atoms with Gasteiger partial charge in [-0.25, -0.2) is 4.79 Å². The van der Waals surface area contributed by atoms with Crippen molar-refractivity contribution in [3.63, 3.8) is 0 Å². The summed E-state index contributed by atoms with van der Waals surface area (Å²) in [7, 11) is 0.